The second kappa shape index (κ2) is 10.2. The highest BCUT2D eigenvalue weighted by Crippen LogP contribution is 2.18. The molecule has 1 rings (SSSR count). The molecule has 0 aliphatic carbocycles. The summed E-state index contributed by atoms with van der Waals surface area (Å²) < 4.78 is 10.3. The van der Waals surface area contributed by atoms with Gasteiger partial charge in [0.15, 0.2) is 0 Å². The van der Waals surface area contributed by atoms with Crippen molar-refractivity contribution in [2.45, 2.75) is 46.0 Å². The number of unbranched alkanes of at least 4 members (excludes halogenated alkanes) is 2. The van der Waals surface area contributed by atoms with Crippen LogP contribution in [0, 0.1) is 5.92 Å². The summed E-state index contributed by atoms with van der Waals surface area (Å²) in [6, 6.07) is 6.74. The summed E-state index contributed by atoms with van der Waals surface area (Å²) in [6.45, 7) is 4.46. The Balaban J connectivity index is 2.09. The van der Waals surface area contributed by atoms with Gasteiger partial charge in [-0.05, 0) is 37.0 Å². The van der Waals surface area contributed by atoms with Crippen LogP contribution in [0.2, 0.25) is 5.02 Å². The Morgan fingerprint density at radius 1 is 1.09 bits per heavy atom. The van der Waals surface area contributed by atoms with Crippen LogP contribution in [-0.4, -0.2) is 18.5 Å². The van der Waals surface area contributed by atoms with Crippen molar-refractivity contribution in [1.29, 1.82) is 0 Å². The molecule has 1 aromatic carbocycles. The molecule has 0 amide bonds. The minimum absolute atomic E-state index is 0.171. The fraction of sp³-hybridized carbons (Fsp3) is 0.529. The van der Waals surface area contributed by atoms with Crippen LogP contribution in [-0.2, 0) is 14.3 Å². The molecule has 0 bridgehead atoms. The van der Waals surface area contributed by atoms with Crippen molar-refractivity contribution in [2.24, 2.45) is 5.92 Å². The smallest absolute Gasteiger partial charge is 0.311 e. The van der Waals surface area contributed by atoms with E-state index in [1.807, 2.05) is 13.8 Å². The highest BCUT2D eigenvalue weighted by Gasteiger charge is 2.07. The van der Waals surface area contributed by atoms with E-state index in [0.29, 0.717) is 42.6 Å². The average Bonchev–Trinajstić information content (AvgIpc) is 2.44. The number of halogens is 1. The second-order valence-electron chi connectivity index (χ2n) is 5.57. The lowest BCUT2D eigenvalue weighted by Crippen LogP contribution is -2.10. The Hall–Kier alpha value is -1.55. The van der Waals surface area contributed by atoms with E-state index in [2.05, 4.69) is 0 Å². The van der Waals surface area contributed by atoms with E-state index in [4.69, 9.17) is 21.1 Å². The van der Waals surface area contributed by atoms with Crippen molar-refractivity contribution in [3.05, 3.63) is 29.3 Å². The van der Waals surface area contributed by atoms with Crippen molar-refractivity contribution in [3.63, 3.8) is 0 Å². The first-order chi connectivity index (χ1) is 10.5. The van der Waals surface area contributed by atoms with Gasteiger partial charge in [0.1, 0.15) is 5.75 Å². The molecule has 0 spiro atoms. The molecule has 122 valence electrons. The quantitative estimate of drug-likeness (QED) is 0.383. The van der Waals surface area contributed by atoms with Crippen molar-refractivity contribution in [2.75, 3.05) is 6.61 Å². The number of esters is 2. The SMILES string of the molecule is CC(C)COC(=O)CCCCCC(=O)Oc1cccc(Cl)c1. The van der Waals surface area contributed by atoms with Gasteiger partial charge in [-0.3, -0.25) is 9.59 Å². The lowest BCUT2D eigenvalue weighted by molar-refractivity contribution is -0.144. The van der Waals surface area contributed by atoms with Crippen LogP contribution in [0.5, 0.6) is 5.75 Å². The molecule has 4 nitrogen and oxygen atoms in total. The van der Waals surface area contributed by atoms with Crippen LogP contribution in [0.15, 0.2) is 24.3 Å². The lowest BCUT2D eigenvalue weighted by Gasteiger charge is -2.07. The van der Waals surface area contributed by atoms with Gasteiger partial charge in [0.05, 0.1) is 6.61 Å². The predicted molar refractivity (Wildman–Crippen MR) is 86.0 cm³/mol. The van der Waals surface area contributed by atoms with Gasteiger partial charge in [-0.2, -0.15) is 0 Å². The molecule has 1 aromatic rings. The second-order valence-corrected chi connectivity index (χ2v) is 6.01. The topological polar surface area (TPSA) is 52.6 Å². The van der Waals surface area contributed by atoms with E-state index in [-0.39, 0.29) is 11.9 Å². The summed E-state index contributed by atoms with van der Waals surface area (Å²) in [5.41, 5.74) is 0. The Kier molecular flexibility index (Phi) is 8.60. The summed E-state index contributed by atoms with van der Waals surface area (Å²) in [5, 5.41) is 0.533. The molecule has 5 heteroatoms. The molecular formula is C17H23ClO4. The number of hydrogen-bond donors (Lipinski definition) is 0. The molecule has 0 saturated heterocycles. The zero-order valence-electron chi connectivity index (χ0n) is 13.1. The number of rotatable bonds is 9. The zero-order valence-corrected chi connectivity index (χ0v) is 13.9. The van der Waals surface area contributed by atoms with Gasteiger partial charge in [-0.1, -0.05) is 37.9 Å². The zero-order chi connectivity index (χ0) is 16.4. The monoisotopic (exact) mass is 326 g/mol. The first kappa shape index (κ1) is 18.5. The highest BCUT2D eigenvalue weighted by atomic mass is 35.5. The number of hydrogen-bond acceptors (Lipinski definition) is 4. The third kappa shape index (κ3) is 8.67. The number of benzene rings is 1. The predicted octanol–water partition coefficient (Wildman–Crippen LogP) is 4.40. The normalized spacial score (nSPS) is 10.5. The van der Waals surface area contributed by atoms with Gasteiger partial charge in [0, 0.05) is 17.9 Å². The summed E-state index contributed by atoms with van der Waals surface area (Å²) >= 11 is 5.81. The number of ether oxygens (including phenoxy) is 2. The van der Waals surface area contributed by atoms with Gasteiger partial charge >= 0.3 is 11.9 Å². The fourth-order valence-electron chi connectivity index (χ4n) is 1.76. The minimum atomic E-state index is -0.287. The molecule has 0 aromatic heterocycles. The van der Waals surface area contributed by atoms with Gasteiger partial charge in [0.2, 0.25) is 0 Å². The van der Waals surface area contributed by atoms with E-state index in [1.165, 1.54) is 0 Å². The Morgan fingerprint density at radius 2 is 1.77 bits per heavy atom. The molecule has 0 N–H and O–H groups in total. The summed E-state index contributed by atoms with van der Waals surface area (Å²) in [5.74, 6) is 0.347. The molecule has 0 aliphatic heterocycles. The number of carbonyl (C=O) groups is 2. The van der Waals surface area contributed by atoms with Crippen LogP contribution in [0.1, 0.15) is 46.0 Å². The maximum absolute atomic E-state index is 11.6. The average molecular weight is 327 g/mol. The van der Waals surface area contributed by atoms with Crippen LogP contribution in [0.3, 0.4) is 0 Å². The Labute approximate surface area is 136 Å². The highest BCUT2D eigenvalue weighted by molar-refractivity contribution is 6.30. The van der Waals surface area contributed by atoms with E-state index in [0.717, 1.165) is 12.8 Å². The standard InChI is InChI=1S/C17H23ClO4/c1-13(2)12-21-16(19)9-4-3-5-10-17(20)22-15-8-6-7-14(18)11-15/h6-8,11,13H,3-5,9-10,12H2,1-2H3. The fourth-order valence-corrected chi connectivity index (χ4v) is 1.94. The first-order valence-electron chi connectivity index (χ1n) is 7.59. The van der Waals surface area contributed by atoms with Crippen LogP contribution in [0.25, 0.3) is 0 Å². The largest absolute Gasteiger partial charge is 0.465 e. The molecule has 0 heterocycles. The van der Waals surface area contributed by atoms with E-state index >= 15 is 0 Å². The maximum Gasteiger partial charge on any atom is 0.311 e. The van der Waals surface area contributed by atoms with E-state index in [9.17, 15) is 9.59 Å². The number of carbonyl (C=O) groups excluding carboxylic acids is 2. The van der Waals surface area contributed by atoms with Crippen molar-refractivity contribution < 1.29 is 19.1 Å². The molecule has 0 aliphatic rings. The lowest BCUT2D eigenvalue weighted by atomic mass is 10.1. The summed E-state index contributed by atoms with van der Waals surface area (Å²) in [7, 11) is 0. The van der Waals surface area contributed by atoms with Gasteiger partial charge in [-0.25, -0.2) is 0 Å². The molecule has 0 atom stereocenters. The molecule has 0 saturated carbocycles. The Morgan fingerprint density at radius 3 is 2.41 bits per heavy atom. The third-order valence-electron chi connectivity index (χ3n) is 2.87. The maximum atomic E-state index is 11.6. The molecule has 0 fully saturated rings. The first-order valence-corrected chi connectivity index (χ1v) is 7.97. The molecule has 22 heavy (non-hydrogen) atoms. The summed E-state index contributed by atoms with van der Waals surface area (Å²) in [6.07, 6.45) is 2.93. The van der Waals surface area contributed by atoms with Gasteiger partial charge in [0.25, 0.3) is 0 Å². The molecule has 0 unspecified atom stereocenters. The van der Waals surface area contributed by atoms with Crippen LogP contribution < -0.4 is 4.74 Å². The van der Waals surface area contributed by atoms with Gasteiger partial charge < -0.3 is 9.47 Å². The van der Waals surface area contributed by atoms with E-state index in [1.54, 1.807) is 24.3 Å². The molecule has 0 radical (unpaired) electrons. The van der Waals surface area contributed by atoms with Crippen molar-refractivity contribution >= 4 is 23.5 Å². The minimum Gasteiger partial charge on any atom is -0.465 e. The molecular weight excluding hydrogens is 304 g/mol. The summed E-state index contributed by atoms with van der Waals surface area (Å²) in [4.78, 5) is 23.0. The Bertz CT molecular complexity index is 485. The van der Waals surface area contributed by atoms with Gasteiger partial charge in [-0.15, -0.1) is 0 Å². The van der Waals surface area contributed by atoms with Crippen molar-refractivity contribution in [1.82, 2.24) is 0 Å². The van der Waals surface area contributed by atoms with E-state index < -0.39 is 0 Å². The van der Waals surface area contributed by atoms with Crippen LogP contribution >= 0.6 is 11.6 Å². The third-order valence-corrected chi connectivity index (χ3v) is 3.10. The van der Waals surface area contributed by atoms with Crippen LogP contribution in [0.4, 0.5) is 0 Å². The van der Waals surface area contributed by atoms with Crippen molar-refractivity contribution in [3.8, 4) is 5.75 Å².